The Bertz CT molecular complexity index is 806. The van der Waals surface area contributed by atoms with E-state index in [-0.39, 0.29) is 22.8 Å². The molecule has 0 aliphatic carbocycles. The van der Waals surface area contributed by atoms with E-state index in [1.165, 1.54) is 0 Å². The van der Waals surface area contributed by atoms with E-state index in [4.69, 9.17) is 0 Å². The summed E-state index contributed by atoms with van der Waals surface area (Å²) in [5.74, 6) is 0.997. The molecule has 0 radical (unpaired) electrons. The third-order valence-electron chi connectivity index (χ3n) is 4.19. The molecule has 6 heteroatoms. The van der Waals surface area contributed by atoms with Crippen LogP contribution >= 0.6 is 15.9 Å². The van der Waals surface area contributed by atoms with Gasteiger partial charge in [0.25, 0.3) is 0 Å². The molecule has 24 heavy (non-hydrogen) atoms. The summed E-state index contributed by atoms with van der Waals surface area (Å²) < 4.78 is 0.918. The van der Waals surface area contributed by atoms with Crippen LogP contribution in [0, 0.1) is 0 Å². The lowest BCUT2D eigenvalue weighted by Gasteiger charge is -2.26. The summed E-state index contributed by atoms with van der Waals surface area (Å²) in [4.78, 5) is 21.6. The van der Waals surface area contributed by atoms with Crippen LogP contribution in [0.1, 0.15) is 16.8 Å². The van der Waals surface area contributed by atoms with Crippen LogP contribution < -0.4 is 26.8 Å². The highest BCUT2D eigenvalue weighted by molar-refractivity contribution is 9.10. The van der Waals surface area contributed by atoms with Crippen LogP contribution in [0.2, 0.25) is 0 Å². The fraction of sp³-hybridized carbons (Fsp3) is 0.222. The second-order valence-corrected chi connectivity index (χ2v) is 6.61. The summed E-state index contributed by atoms with van der Waals surface area (Å²) in [6.45, 7) is 2.08. The quantitative estimate of drug-likeness (QED) is 0.648. The first-order valence-corrected chi connectivity index (χ1v) is 8.51. The van der Waals surface area contributed by atoms with E-state index in [9.17, 15) is 4.79 Å². The molecule has 0 unspecified atom stereocenters. The van der Waals surface area contributed by atoms with Crippen molar-refractivity contribution < 1.29 is 21.8 Å². The van der Waals surface area contributed by atoms with E-state index in [2.05, 4.69) is 38.0 Å². The van der Waals surface area contributed by atoms with Gasteiger partial charge < -0.3 is 26.8 Å². The molecule has 0 saturated heterocycles. The van der Waals surface area contributed by atoms with Crippen LogP contribution in [0.25, 0.3) is 0 Å². The van der Waals surface area contributed by atoms with Gasteiger partial charge in [-0.1, -0.05) is 40.2 Å². The van der Waals surface area contributed by atoms with Crippen LogP contribution in [-0.4, -0.2) is 31.4 Å². The fourth-order valence-corrected chi connectivity index (χ4v) is 3.53. The number of nitrogens with zero attached hydrogens (tertiary/aromatic N) is 3. The average molecular weight is 450 g/mol. The normalized spacial score (nSPS) is 15.3. The molecule has 0 fully saturated rings. The fourth-order valence-electron chi connectivity index (χ4n) is 3.13. The molecule has 4 nitrogen and oxygen atoms in total. The Kier molecular flexibility index (Phi) is 5.06. The predicted octanol–water partition coefficient (Wildman–Crippen LogP) is 0.722. The molecular weight excluding hydrogens is 434 g/mol. The molecule has 0 bridgehead atoms. The van der Waals surface area contributed by atoms with Gasteiger partial charge in [-0.25, -0.2) is 0 Å². The van der Waals surface area contributed by atoms with Crippen LogP contribution in [0.15, 0.2) is 58.0 Å². The van der Waals surface area contributed by atoms with Gasteiger partial charge in [0.2, 0.25) is 5.96 Å². The molecule has 2 aromatic carbocycles. The summed E-state index contributed by atoms with van der Waals surface area (Å²) >= 11 is 3.43. The number of para-hydroxylation sites is 2. The van der Waals surface area contributed by atoms with Gasteiger partial charge in [0.15, 0.2) is 5.78 Å². The number of carbonyl (C=O) groups excluding carboxylic acids is 1. The highest BCUT2D eigenvalue weighted by atomic mass is 79.9. The second-order valence-electron chi connectivity index (χ2n) is 5.70. The minimum absolute atomic E-state index is 0. The predicted molar refractivity (Wildman–Crippen MR) is 96.5 cm³/mol. The first-order chi connectivity index (χ1) is 11.2. The van der Waals surface area contributed by atoms with Gasteiger partial charge in [-0.05, 0) is 30.7 Å². The van der Waals surface area contributed by atoms with Crippen LogP contribution in [0.5, 0.6) is 0 Å². The first-order valence-electron chi connectivity index (χ1n) is 7.71. The summed E-state index contributed by atoms with van der Waals surface area (Å²) in [6, 6.07) is 15.7. The molecule has 0 amide bonds. The van der Waals surface area contributed by atoms with E-state index < -0.39 is 0 Å². The Morgan fingerprint density at radius 1 is 1.12 bits per heavy atom. The van der Waals surface area contributed by atoms with Crippen molar-refractivity contribution in [2.45, 2.75) is 6.42 Å². The maximum absolute atomic E-state index is 12.7. The molecule has 0 saturated carbocycles. The van der Waals surface area contributed by atoms with Crippen LogP contribution in [-0.2, 0) is 0 Å². The largest absolute Gasteiger partial charge is 1.00 e. The van der Waals surface area contributed by atoms with Crippen molar-refractivity contribution in [3.8, 4) is 0 Å². The summed E-state index contributed by atoms with van der Waals surface area (Å²) in [7, 11) is 0. The van der Waals surface area contributed by atoms with Crippen molar-refractivity contribution in [2.24, 2.45) is 4.99 Å². The van der Waals surface area contributed by atoms with Gasteiger partial charge in [0.1, 0.15) is 0 Å². The van der Waals surface area contributed by atoms with Gasteiger partial charge in [0, 0.05) is 23.1 Å². The standard InChI is InChI=1S/C18H16BrN3O.BrH/c19-14-6-3-5-13(11-14)17(23)12-22-16-8-2-1-7-15(16)21-10-4-9-20-18(21)22;/h1-3,5-8,11H,4,9-10,12H2;1H/p-1. The average Bonchev–Trinajstić information content (AvgIpc) is 2.90. The molecule has 124 valence electrons. The van der Waals surface area contributed by atoms with Gasteiger partial charge in [-0.15, -0.1) is 0 Å². The third kappa shape index (κ3) is 3.00. The Morgan fingerprint density at radius 3 is 2.71 bits per heavy atom. The number of carbonyl (C=O) groups is 1. The number of hydrogen-bond acceptors (Lipinski definition) is 4. The number of benzene rings is 2. The molecule has 2 aliphatic heterocycles. The Morgan fingerprint density at radius 2 is 1.92 bits per heavy atom. The van der Waals surface area contributed by atoms with Gasteiger partial charge >= 0.3 is 0 Å². The molecule has 2 aliphatic rings. The zero-order valence-electron chi connectivity index (χ0n) is 13.0. The topological polar surface area (TPSA) is 35.9 Å². The lowest BCUT2D eigenvalue weighted by molar-refractivity contribution is -0.0000121. The minimum Gasteiger partial charge on any atom is -1.00 e. The smallest absolute Gasteiger partial charge is 0.206 e. The van der Waals surface area contributed by atoms with Crippen molar-refractivity contribution in [3.63, 3.8) is 0 Å². The van der Waals surface area contributed by atoms with Crippen LogP contribution in [0.3, 0.4) is 0 Å². The van der Waals surface area contributed by atoms with Gasteiger partial charge in [-0.3, -0.25) is 9.79 Å². The highest BCUT2D eigenvalue weighted by Gasteiger charge is 2.34. The molecule has 0 spiro atoms. The minimum atomic E-state index is 0. The van der Waals surface area contributed by atoms with E-state index >= 15 is 0 Å². The Labute approximate surface area is 160 Å². The summed E-state index contributed by atoms with van der Waals surface area (Å²) in [6.07, 6.45) is 1.05. The van der Waals surface area contributed by atoms with Crippen molar-refractivity contribution in [2.75, 3.05) is 29.4 Å². The lowest BCUT2D eigenvalue weighted by Crippen LogP contribution is -3.00. The Balaban J connectivity index is 0.00000169. The molecule has 0 atom stereocenters. The number of guanidine groups is 1. The van der Waals surface area contributed by atoms with Gasteiger partial charge in [0.05, 0.1) is 17.9 Å². The first kappa shape index (κ1) is 17.2. The highest BCUT2D eigenvalue weighted by Crippen LogP contribution is 2.38. The number of halogens is 2. The van der Waals surface area contributed by atoms with Crippen LogP contribution in [0.4, 0.5) is 11.4 Å². The molecule has 2 heterocycles. The number of Topliss-reactive ketones (excluding diaryl/α,β-unsaturated/α-hetero) is 1. The van der Waals surface area contributed by atoms with Crippen molar-refractivity contribution in [1.29, 1.82) is 0 Å². The SMILES string of the molecule is O=C(CN1C2=NCCCN2c2ccccc21)c1cccc(Br)c1.[Br-]. The number of hydrogen-bond donors (Lipinski definition) is 0. The third-order valence-corrected chi connectivity index (χ3v) is 4.68. The van der Waals surface area contributed by atoms with E-state index in [1.54, 1.807) is 0 Å². The van der Waals surface area contributed by atoms with Crippen molar-refractivity contribution >= 4 is 39.0 Å². The number of fused-ring (bicyclic) bond motifs is 3. The molecule has 2 aromatic rings. The van der Waals surface area contributed by atoms with Crippen molar-refractivity contribution in [3.05, 3.63) is 58.6 Å². The maximum Gasteiger partial charge on any atom is 0.206 e. The number of rotatable bonds is 3. The maximum atomic E-state index is 12.7. The molecule has 0 N–H and O–H groups in total. The zero-order chi connectivity index (χ0) is 15.8. The van der Waals surface area contributed by atoms with Gasteiger partial charge in [-0.2, -0.15) is 0 Å². The summed E-state index contributed by atoms with van der Waals surface area (Å²) in [5.41, 5.74) is 2.93. The van der Waals surface area contributed by atoms with E-state index in [1.807, 2.05) is 41.3 Å². The van der Waals surface area contributed by atoms with E-state index in [0.29, 0.717) is 12.1 Å². The zero-order valence-corrected chi connectivity index (χ0v) is 16.1. The lowest BCUT2D eigenvalue weighted by atomic mass is 10.1. The number of ketones is 1. The number of aliphatic imine (C=N–C) groups is 1. The monoisotopic (exact) mass is 448 g/mol. The van der Waals surface area contributed by atoms with Crippen molar-refractivity contribution in [1.82, 2.24) is 0 Å². The Hall–Kier alpha value is -1.66. The van der Waals surface area contributed by atoms with E-state index in [0.717, 1.165) is 41.3 Å². The second kappa shape index (κ2) is 7.07. The molecule has 4 rings (SSSR count). The summed E-state index contributed by atoms with van der Waals surface area (Å²) in [5, 5.41) is 0. The molecule has 0 aromatic heterocycles. The number of anilines is 2. The molecular formula is C18H16Br2N3O-.